The van der Waals surface area contributed by atoms with E-state index in [1.54, 1.807) is 13.0 Å². The van der Waals surface area contributed by atoms with Crippen molar-refractivity contribution in [2.75, 3.05) is 20.3 Å². The summed E-state index contributed by atoms with van der Waals surface area (Å²) in [6.07, 6.45) is 0.319. The number of hydrogen-bond donors (Lipinski definition) is 2. The molecule has 0 spiro atoms. The van der Waals surface area contributed by atoms with E-state index in [4.69, 9.17) is 10.2 Å². The van der Waals surface area contributed by atoms with Crippen LogP contribution in [-0.4, -0.2) is 47.3 Å². The topological polar surface area (TPSA) is 60.8 Å². The van der Waals surface area contributed by atoms with Crippen molar-refractivity contribution in [3.8, 4) is 11.8 Å². The number of hydrogen-bond acceptors (Lipinski definition) is 3. The molecular weight excluding hydrogens is 261 g/mol. The number of aliphatic hydroxyl groups excluding tert-OH is 2. The Hall–Kier alpha value is -1.90. The van der Waals surface area contributed by atoms with Crippen molar-refractivity contribution in [1.82, 2.24) is 4.90 Å². The quantitative estimate of drug-likeness (QED) is 0.809. The lowest BCUT2D eigenvalue weighted by molar-refractivity contribution is 0.0677. The lowest BCUT2D eigenvalue weighted by Crippen LogP contribution is -2.37. The number of carbonyl (C=O) groups is 1. The van der Waals surface area contributed by atoms with Crippen LogP contribution in [0.1, 0.15) is 29.3 Å². The van der Waals surface area contributed by atoms with Crippen LogP contribution in [0.15, 0.2) is 18.2 Å². The van der Waals surface area contributed by atoms with Crippen molar-refractivity contribution in [2.24, 2.45) is 0 Å². The van der Waals surface area contributed by atoms with Crippen LogP contribution in [0.5, 0.6) is 0 Å². The van der Waals surface area contributed by atoms with Gasteiger partial charge < -0.3 is 15.1 Å². The van der Waals surface area contributed by atoms with Crippen molar-refractivity contribution in [2.45, 2.75) is 19.4 Å². The van der Waals surface area contributed by atoms with Gasteiger partial charge in [-0.05, 0) is 25.1 Å². The summed E-state index contributed by atoms with van der Waals surface area (Å²) in [6, 6.07) is 3.74. The zero-order chi connectivity index (χ0) is 15.1. The molecule has 0 heterocycles. The van der Waals surface area contributed by atoms with Gasteiger partial charge in [0.05, 0.1) is 24.8 Å². The number of nitrogens with zero attached hydrogens (tertiary/aromatic N) is 1. The molecule has 0 aromatic heterocycles. The standard InChI is InChI=1S/C15H18FNO3/c1-11(10-19)17(2)15(20)13-7-6-12(9-14(13)16)5-3-4-8-18/h6-7,9,11,18-19H,4,8,10H2,1-2H3. The first-order chi connectivity index (χ1) is 9.51. The Bertz CT molecular complexity index is 534. The van der Waals surface area contributed by atoms with Crippen molar-refractivity contribution in [1.29, 1.82) is 0 Å². The molecule has 2 N–H and O–H groups in total. The number of amides is 1. The van der Waals surface area contributed by atoms with E-state index in [2.05, 4.69) is 11.8 Å². The van der Waals surface area contributed by atoms with Crippen LogP contribution in [-0.2, 0) is 0 Å². The predicted molar refractivity (Wildman–Crippen MR) is 73.6 cm³/mol. The summed E-state index contributed by atoms with van der Waals surface area (Å²) >= 11 is 0. The minimum absolute atomic E-state index is 0.0457. The van der Waals surface area contributed by atoms with Gasteiger partial charge in [0.1, 0.15) is 5.82 Å². The Kier molecular flexibility index (Phi) is 6.16. The van der Waals surface area contributed by atoms with Gasteiger partial charge in [-0.25, -0.2) is 4.39 Å². The molecule has 0 radical (unpaired) electrons. The van der Waals surface area contributed by atoms with E-state index in [9.17, 15) is 9.18 Å². The molecule has 4 nitrogen and oxygen atoms in total. The average Bonchev–Trinajstić information content (AvgIpc) is 2.45. The predicted octanol–water partition coefficient (Wildman–Crippen LogP) is 1.01. The lowest BCUT2D eigenvalue weighted by atomic mass is 10.1. The fourth-order valence-electron chi connectivity index (χ4n) is 1.50. The highest BCUT2D eigenvalue weighted by Gasteiger charge is 2.19. The zero-order valence-corrected chi connectivity index (χ0v) is 11.6. The lowest BCUT2D eigenvalue weighted by Gasteiger charge is -2.23. The monoisotopic (exact) mass is 279 g/mol. The van der Waals surface area contributed by atoms with Gasteiger partial charge in [-0.15, -0.1) is 0 Å². The van der Waals surface area contributed by atoms with Crippen LogP contribution < -0.4 is 0 Å². The Morgan fingerprint density at radius 2 is 2.15 bits per heavy atom. The van der Waals surface area contributed by atoms with E-state index in [0.717, 1.165) is 0 Å². The van der Waals surface area contributed by atoms with Crippen LogP contribution in [0.25, 0.3) is 0 Å². The number of halogens is 1. The molecule has 1 aromatic carbocycles. The summed E-state index contributed by atoms with van der Waals surface area (Å²) in [5, 5.41) is 17.6. The number of likely N-dealkylation sites (N-methyl/N-ethyl adjacent to an activating group) is 1. The Balaban J connectivity index is 2.94. The summed E-state index contributed by atoms with van der Waals surface area (Å²) < 4.78 is 13.9. The van der Waals surface area contributed by atoms with Gasteiger partial charge in [0, 0.05) is 19.0 Å². The highest BCUT2D eigenvalue weighted by molar-refractivity contribution is 5.94. The first-order valence-electron chi connectivity index (χ1n) is 6.28. The number of rotatable bonds is 4. The Labute approximate surface area is 117 Å². The van der Waals surface area contributed by atoms with Gasteiger partial charge in [-0.2, -0.15) is 0 Å². The highest BCUT2D eigenvalue weighted by Crippen LogP contribution is 2.13. The molecule has 108 valence electrons. The number of benzene rings is 1. The van der Waals surface area contributed by atoms with E-state index >= 15 is 0 Å². The van der Waals surface area contributed by atoms with Crippen molar-refractivity contribution < 1.29 is 19.4 Å². The summed E-state index contributed by atoms with van der Waals surface area (Å²) in [6.45, 7) is 1.44. The second kappa shape index (κ2) is 7.63. The SMILES string of the molecule is CC(CO)N(C)C(=O)c1ccc(C#CCCO)cc1F. The van der Waals surface area contributed by atoms with Crippen LogP contribution in [0, 0.1) is 17.7 Å². The molecule has 20 heavy (non-hydrogen) atoms. The van der Waals surface area contributed by atoms with E-state index in [-0.39, 0.29) is 24.8 Å². The van der Waals surface area contributed by atoms with E-state index < -0.39 is 11.7 Å². The maximum absolute atomic E-state index is 13.9. The third kappa shape index (κ3) is 4.05. The highest BCUT2D eigenvalue weighted by atomic mass is 19.1. The molecule has 0 saturated heterocycles. The normalized spacial score (nSPS) is 11.4. The van der Waals surface area contributed by atoms with E-state index in [1.807, 2.05) is 0 Å². The smallest absolute Gasteiger partial charge is 0.256 e. The van der Waals surface area contributed by atoms with Gasteiger partial charge in [0.25, 0.3) is 5.91 Å². The molecule has 0 aliphatic carbocycles. The molecule has 0 aliphatic heterocycles. The fraction of sp³-hybridized carbons (Fsp3) is 0.400. The van der Waals surface area contributed by atoms with E-state index in [1.165, 1.54) is 24.1 Å². The summed E-state index contributed by atoms with van der Waals surface area (Å²) in [7, 11) is 1.51. The van der Waals surface area contributed by atoms with E-state index in [0.29, 0.717) is 12.0 Å². The third-order valence-corrected chi connectivity index (χ3v) is 2.91. The van der Waals surface area contributed by atoms with Crippen LogP contribution in [0.3, 0.4) is 0 Å². The van der Waals surface area contributed by atoms with Crippen molar-refractivity contribution >= 4 is 5.91 Å². The molecule has 1 aromatic rings. The first-order valence-corrected chi connectivity index (χ1v) is 6.28. The average molecular weight is 279 g/mol. The van der Waals surface area contributed by atoms with Crippen molar-refractivity contribution in [3.63, 3.8) is 0 Å². The molecule has 1 atom stereocenters. The minimum Gasteiger partial charge on any atom is -0.395 e. The van der Waals surface area contributed by atoms with Crippen LogP contribution in [0.4, 0.5) is 4.39 Å². The minimum atomic E-state index is -0.650. The molecule has 1 rings (SSSR count). The van der Waals surface area contributed by atoms with Gasteiger partial charge in [0.15, 0.2) is 0 Å². The molecule has 0 fully saturated rings. The fourth-order valence-corrected chi connectivity index (χ4v) is 1.50. The second-order valence-corrected chi connectivity index (χ2v) is 4.42. The summed E-state index contributed by atoms with van der Waals surface area (Å²) in [5.41, 5.74) is 0.394. The maximum atomic E-state index is 13.9. The largest absolute Gasteiger partial charge is 0.395 e. The number of carbonyl (C=O) groups excluding carboxylic acids is 1. The molecular formula is C15H18FNO3. The molecule has 5 heteroatoms. The zero-order valence-electron chi connectivity index (χ0n) is 11.6. The molecule has 0 aliphatic rings. The second-order valence-electron chi connectivity index (χ2n) is 4.42. The van der Waals surface area contributed by atoms with Crippen LogP contribution in [0.2, 0.25) is 0 Å². The van der Waals surface area contributed by atoms with Crippen LogP contribution >= 0.6 is 0 Å². The Morgan fingerprint density at radius 1 is 1.45 bits per heavy atom. The first kappa shape index (κ1) is 16.2. The van der Waals surface area contributed by atoms with Crippen molar-refractivity contribution in [3.05, 3.63) is 35.1 Å². The molecule has 1 unspecified atom stereocenters. The summed E-state index contributed by atoms with van der Waals surface area (Å²) in [5.74, 6) is 4.25. The van der Waals surface area contributed by atoms with Gasteiger partial charge in [0.2, 0.25) is 0 Å². The summed E-state index contributed by atoms with van der Waals surface area (Å²) in [4.78, 5) is 13.3. The van der Waals surface area contributed by atoms with Gasteiger partial charge in [-0.1, -0.05) is 11.8 Å². The number of aliphatic hydroxyl groups is 2. The van der Waals surface area contributed by atoms with Gasteiger partial charge in [-0.3, -0.25) is 4.79 Å². The molecule has 0 bridgehead atoms. The molecule has 0 saturated carbocycles. The third-order valence-electron chi connectivity index (χ3n) is 2.91. The van der Waals surface area contributed by atoms with Gasteiger partial charge >= 0.3 is 0 Å². The maximum Gasteiger partial charge on any atom is 0.256 e. The Morgan fingerprint density at radius 3 is 2.70 bits per heavy atom. The molecule has 1 amide bonds.